The van der Waals surface area contributed by atoms with E-state index < -0.39 is 0 Å². The first-order chi connectivity index (χ1) is 5.13. The molecule has 64 valence electrons. The van der Waals surface area contributed by atoms with Crippen LogP contribution in [0.1, 0.15) is 13.8 Å². The van der Waals surface area contributed by atoms with Crippen LogP contribution in [-0.2, 0) is 4.79 Å². The molecule has 0 bridgehead atoms. The maximum absolute atomic E-state index is 11.4. The molecule has 0 atom stereocenters. The van der Waals surface area contributed by atoms with Crippen LogP contribution < -0.4 is 5.32 Å². The molecule has 0 aromatic heterocycles. The van der Waals surface area contributed by atoms with Crippen molar-refractivity contribution in [1.82, 2.24) is 5.32 Å². The van der Waals surface area contributed by atoms with Gasteiger partial charge in [0.1, 0.15) is 0 Å². The number of carbonyl (C=O) groups excluding carboxylic acids is 1. The number of carbonyl (C=O) groups is 1. The number of nitrogens with one attached hydrogen (secondary N) is 1. The van der Waals surface area contributed by atoms with Crippen molar-refractivity contribution in [2.45, 2.75) is 13.8 Å². The molecule has 4 heteroatoms. The lowest BCUT2D eigenvalue weighted by atomic mass is 9.95. The zero-order valence-electron chi connectivity index (χ0n) is 6.85. The molecule has 1 aliphatic rings. The van der Waals surface area contributed by atoms with Crippen molar-refractivity contribution in [1.29, 1.82) is 0 Å². The molecule has 1 heterocycles. The summed E-state index contributed by atoms with van der Waals surface area (Å²) in [5, 5.41) is 2.90. The van der Waals surface area contributed by atoms with Crippen molar-refractivity contribution >= 4 is 27.5 Å². The predicted molar refractivity (Wildman–Crippen MR) is 51.7 cm³/mol. The van der Waals surface area contributed by atoms with Crippen LogP contribution in [0.4, 0.5) is 0 Å². The minimum atomic E-state index is -0.196. The van der Waals surface area contributed by atoms with Crippen LogP contribution in [0.3, 0.4) is 0 Å². The van der Waals surface area contributed by atoms with E-state index >= 15 is 0 Å². The molecular formula is C7H13NOS2. The average Bonchev–Trinajstić information content (AvgIpc) is 1.93. The molecule has 2 nitrogen and oxygen atoms in total. The van der Waals surface area contributed by atoms with E-state index in [1.165, 1.54) is 0 Å². The Kier molecular flexibility index (Phi) is 3.13. The zero-order chi connectivity index (χ0) is 8.32. The van der Waals surface area contributed by atoms with Gasteiger partial charge in [0.2, 0.25) is 5.91 Å². The minimum Gasteiger partial charge on any atom is -0.355 e. The average molecular weight is 191 g/mol. The topological polar surface area (TPSA) is 29.1 Å². The fourth-order valence-electron chi connectivity index (χ4n) is 0.759. The molecule has 0 aromatic rings. The summed E-state index contributed by atoms with van der Waals surface area (Å²) in [6.45, 7) is 4.78. The molecule has 1 saturated heterocycles. The molecule has 1 N–H and O–H groups in total. The molecule has 0 unspecified atom stereocenters. The summed E-state index contributed by atoms with van der Waals surface area (Å²) in [4.78, 5) is 11.4. The van der Waals surface area contributed by atoms with E-state index in [-0.39, 0.29) is 11.3 Å². The summed E-state index contributed by atoms with van der Waals surface area (Å²) in [6.07, 6.45) is 0. The lowest BCUT2D eigenvalue weighted by Crippen LogP contribution is -2.40. The van der Waals surface area contributed by atoms with Gasteiger partial charge in [-0.3, -0.25) is 4.79 Å². The van der Waals surface area contributed by atoms with Crippen molar-refractivity contribution in [3.8, 4) is 0 Å². The van der Waals surface area contributed by atoms with Crippen molar-refractivity contribution in [3.05, 3.63) is 0 Å². The van der Waals surface area contributed by atoms with Gasteiger partial charge in [-0.1, -0.05) is 35.4 Å². The van der Waals surface area contributed by atoms with E-state index in [4.69, 9.17) is 0 Å². The van der Waals surface area contributed by atoms with Gasteiger partial charge in [-0.05, 0) is 0 Å². The highest BCUT2D eigenvalue weighted by Gasteiger charge is 2.28. The number of hydrogen-bond acceptors (Lipinski definition) is 3. The second kappa shape index (κ2) is 3.72. The molecular weight excluding hydrogens is 178 g/mol. The molecule has 0 aromatic carbocycles. The Balaban J connectivity index is 2.54. The fourth-order valence-corrected chi connectivity index (χ4v) is 3.31. The van der Waals surface area contributed by atoms with Crippen molar-refractivity contribution < 1.29 is 4.79 Å². The molecule has 11 heavy (non-hydrogen) atoms. The molecule has 1 aliphatic heterocycles. The smallest absolute Gasteiger partial charge is 0.226 e. The zero-order valence-corrected chi connectivity index (χ0v) is 8.48. The van der Waals surface area contributed by atoms with Crippen LogP contribution in [0.15, 0.2) is 0 Å². The van der Waals surface area contributed by atoms with E-state index in [0.717, 1.165) is 18.1 Å². The van der Waals surface area contributed by atoms with Gasteiger partial charge >= 0.3 is 0 Å². The first kappa shape index (κ1) is 9.26. The Bertz CT molecular complexity index is 159. The van der Waals surface area contributed by atoms with Crippen LogP contribution in [0.25, 0.3) is 0 Å². The van der Waals surface area contributed by atoms with Gasteiger partial charge in [0.25, 0.3) is 0 Å². The van der Waals surface area contributed by atoms with Crippen LogP contribution in [-0.4, -0.2) is 24.0 Å². The van der Waals surface area contributed by atoms with Crippen molar-refractivity contribution in [2.24, 2.45) is 5.41 Å². The summed E-state index contributed by atoms with van der Waals surface area (Å²) >= 11 is 0. The number of rotatable bonds is 0. The van der Waals surface area contributed by atoms with E-state index in [1.807, 2.05) is 24.6 Å². The standard InChI is InChI=1S/C7H13NOS2/c1-7(2)5-11-10-4-3-8-6(7)9/h3-5H2,1-2H3,(H,8,9). The molecule has 1 amide bonds. The van der Waals surface area contributed by atoms with Gasteiger partial charge in [0.15, 0.2) is 0 Å². The second-order valence-electron chi connectivity index (χ2n) is 3.22. The van der Waals surface area contributed by atoms with Gasteiger partial charge in [0, 0.05) is 18.1 Å². The number of amides is 1. The molecule has 1 rings (SSSR count). The quantitative estimate of drug-likeness (QED) is 0.589. The summed E-state index contributed by atoms with van der Waals surface area (Å²) in [5.41, 5.74) is -0.196. The van der Waals surface area contributed by atoms with Crippen LogP contribution in [0.2, 0.25) is 0 Å². The third kappa shape index (κ3) is 2.60. The predicted octanol–water partition coefficient (Wildman–Crippen LogP) is 1.52. The molecule has 0 radical (unpaired) electrons. The van der Waals surface area contributed by atoms with Gasteiger partial charge in [-0.25, -0.2) is 0 Å². The highest BCUT2D eigenvalue weighted by Crippen LogP contribution is 2.31. The number of hydrogen-bond donors (Lipinski definition) is 1. The van der Waals surface area contributed by atoms with Crippen LogP contribution in [0, 0.1) is 5.41 Å². The summed E-state index contributed by atoms with van der Waals surface area (Å²) in [7, 11) is 3.63. The van der Waals surface area contributed by atoms with E-state index in [0.29, 0.717) is 0 Å². The Morgan fingerprint density at radius 1 is 1.45 bits per heavy atom. The molecule has 0 saturated carbocycles. The van der Waals surface area contributed by atoms with Crippen molar-refractivity contribution in [2.75, 3.05) is 18.1 Å². The third-order valence-electron chi connectivity index (χ3n) is 1.59. The Labute approximate surface area is 75.3 Å². The molecule has 0 aliphatic carbocycles. The summed E-state index contributed by atoms with van der Waals surface area (Å²) in [5.74, 6) is 2.11. The van der Waals surface area contributed by atoms with E-state index in [1.54, 1.807) is 10.8 Å². The Morgan fingerprint density at radius 2 is 2.18 bits per heavy atom. The van der Waals surface area contributed by atoms with E-state index in [2.05, 4.69) is 5.32 Å². The second-order valence-corrected chi connectivity index (χ2v) is 5.81. The lowest BCUT2D eigenvalue weighted by molar-refractivity contribution is -0.128. The molecule has 1 fully saturated rings. The first-order valence-corrected chi connectivity index (χ1v) is 6.14. The Hall–Kier alpha value is 0.170. The maximum atomic E-state index is 11.4. The normalized spacial score (nSPS) is 25.1. The maximum Gasteiger partial charge on any atom is 0.226 e. The summed E-state index contributed by atoms with van der Waals surface area (Å²) < 4.78 is 0. The largest absolute Gasteiger partial charge is 0.355 e. The lowest BCUT2D eigenvalue weighted by Gasteiger charge is -2.24. The van der Waals surface area contributed by atoms with Crippen LogP contribution >= 0.6 is 21.6 Å². The highest BCUT2D eigenvalue weighted by atomic mass is 33.1. The van der Waals surface area contributed by atoms with Gasteiger partial charge in [-0.15, -0.1) is 0 Å². The summed E-state index contributed by atoms with van der Waals surface area (Å²) in [6, 6.07) is 0. The minimum absolute atomic E-state index is 0.185. The van der Waals surface area contributed by atoms with Gasteiger partial charge in [-0.2, -0.15) is 0 Å². The van der Waals surface area contributed by atoms with Crippen LogP contribution in [0.5, 0.6) is 0 Å². The molecule has 0 spiro atoms. The highest BCUT2D eigenvalue weighted by molar-refractivity contribution is 8.76. The van der Waals surface area contributed by atoms with E-state index in [9.17, 15) is 4.79 Å². The SMILES string of the molecule is CC1(C)CSSCCNC1=O. The first-order valence-electron chi connectivity index (χ1n) is 3.66. The Morgan fingerprint density at radius 3 is 2.91 bits per heavy atom. The van der Waals surface area contributed by atoms with Crippen molar-refractivity contribution in [3.63, 3.8) is 0 Å². The monoisotopic (exact) mass is 191 g/mol. The third-order valence-corrected chi connectivity index (χ3v) is 4.32. The fraction of sp³-hybridized carbons (Fsp3) is 0.857. The van der Waals surface area contributed by atoms with Gasteiger partial charge < -0.3 is 5.32 Å². The van der Waals surface area contributed by atoms with Gasteiger partial charge in [0.05, 0.1) is 5.41 Å².